The van der Waals surface area contributed by atoms with Crippen LogP contribution < -0.4 is 5.32 Å². The van der Waals surface area contributed by atoms with Crippen molar-refractivity contribution in [2.24, 2.45) is 5.92 Å². The number of rotatable bonds is 2. The fraction of sp³-hybridized carbons (Fsp3) is 0.933. The van der Waals surface area contributed by atoms with Crippen LogP contribution in [0.2, 0.25) is 0 Å². The molecule has 1 heterocycles. The van der Waals surface area contributed by atoms with Crippen molar-refractivity contribution >= 4 is 6.03 Å². The molecule has 3 nitrogen and oxygen atoms in total. The summed E-state index contributed by atoms with van der Waals surface area (Å²) < 4.78 is 0. The van der Waals surface area contributed by atoms with Gasteiger partial charge in [-0.15, -0.1) is 0 Å². The molecule has 0 bridgehead atoms. The molecule has 1 N–H and O–H groups in total. The molecular weight excluding hydrogens is 224 g/mol. The number of carbonyl (C=O) groups is 1. The van der Waals surface area contributed by atoms with E-state index in [0.29, 0.717) is 6.04 Å². The Balaban J connectivity index is 1.73. The van der Waals surface area contributed by atoms with E-state index in [4.69, 9.17) is 0 Å². The molecule has 2 amide bonds. The number of hydrogen-bond acceptors (Lipinski definition) is 1. The summed E-state index contributed by atoms with van der Waals surface area (Å²) in [4.78, 5) is 14.2. The lowest BCUT2D eigenvalue weighted by Gasteiger charge is -2.30. The van der Waals surface area contributed by atoms with Gasteiger partial charge >= 0.3 is 6.03 Å². The highest BCUT2D eigenvalue weighted by atomic mass is 16.2. The Bertz CT molecular complexity index is 251. The summed E-state index contributed by atoms with van der Waals surface area (Å²) in [6.07, 6.45) is 11.2. The van der Waals surface area contributed by atoms with Crippen LogP contribution >= 0.6 is 0 Å². The molecule has 1 saturated heterocycles. The Morgan fingerprint density at radius 2 is 1.67 bits per heavy atom. The second-order valence-electron chi connectivity index (χ2n) is 5.98. The van der Waals surface area contributed by atoms with E-state index < -0.39 is 0 Å². The molecule has 1 aliphatic carbocycles. The predicted molar refractivity (Wildman–Crippen MR) is 74.6 cm³/mol. The molecule has 0 aromatic rings. The zero-order valence-electron chi connectivity index (χ0n) is 11.8. The van der Waals surface area contributed by atoms with Gasteiger partial charge in [-0.05, 0) is 44.4 Å². The first-order valence-corrected chi connectivity index (χ1v) is 7.85. The molecule has 2 aliphatic rings. The average molecular weight is 252 g/mol. The van der Waals surface area contributed by atoms with Gasteiger partial charge in [0.05, 0.1) is 0 Å². The normalized spacial score (nSPS) is 29.7. The van der Waals surface area contributed by atoms with Gasteiger partial charge in [0.1, 0.15) is 0 Å². The molecule has 2 rings (SSSR count). The first-order valence-electron chi connectivity index (χ1n) is 7.85. The zero-order valence-corrected chi connectivity index (χ0v) is 11.8. The van der Waals surface area contributed by atoms with Crippen molar-refractivity contribution in [2.45, 2.75) is 70.8 Å². The van der Waals surface area contributed by atoms with E-state index in [0.717, 1.165) is 19.0 Å². The van der Waals surface area contributed by atoms with E-state index in [-0.39, 0.29) is 6.03 Å². The number of amides is 2. The van der Waals surface area contributed by atoms with Gasteiger partial charge < -0.3 is 10.2 Å². The molecule has 104 valence electrons. The number of urea groups is 1. The van der Waals surface area contributed by atoms with E-state index in [2.05, 4.69) is 12.2 Å². The molecule has 1 aliphatic heterocycles. The van der Waals surface area contributed by atoms with Crippen LogP contribution in [0.1, 0.15) is 64.7 Å². The highest BCUT2D eigenvalue weighted by Crippen LogP contribution is 2.26. The van der Waals surface area contributed by atoms with Crippen LogP contribution in [0.5, 0.6) is 0 Å². The number of likely N-dealkylation sites (tertiary alicyclic amines) is 1. The van der Waals surface area contributed by atoms with Crippen LogP contribution in [0.4, 0.5) is 4.79 Å². The van der Waals surface area contributed by atoms with Crippen molar-refractivity contribution in [3.8, 4) is 0 Å². The van der Waals surface area contributed by atoms with Crippen LogP contribution in [0.3, 0.4) is 0 Å². The molecule has 2 fully saturated rings. The highest BCUT2D eigenvalue weighted by Gasteiger charge is 2.23. The third kappa shape index (κ3) is 3.89. The quantitative estimate of drug-likeness (QED) is 0.801. The topological polar surface area (TPSA) is 32.3 Å². The summed E-state index contributed by atoms with van der Waals surface area (Å²) in [7, 11) is 0. The minimum atomic E-state index is 0.192. The van der Waals surface area contributed by atoms with Crippen LogP contribution in [-0.4, -0.2) is 30.1 Å². The second kappa shape index (κ2) is 7.01. The van der Waals surface area contributed by atoms with Gasteiger partial charge in [0, 0.05) is 19.1 Å². The third-order valence-electron chi connectivity index (χ3n) is 4.64. The Hall–Kier alpha value is -0.730. The van der Waals surface area contributed by atoms with Crippen molar-refractivity contribution in [3.63, 3.8) is 0 Å². The number of hydrogen-bond donors (Lipinski definition) is 1. The monoisotopic (exact) mass is 252 g/mol. The van der Waals surface area contributed by atoms with Crippen LogP contribution in [-0.2, 0) is 0 Å². The lowest BCUT2D eigenvalue weighted by Crippen LogP contribution is -2.46. The molecule has 0 spiro atoms. The van der Waals surface area contributed by atoms with E-state index in [1.807, 2.05) is 4.90 Å². The van der Waals surface area contributed by atoms with Crippen molar-refractivity contribution in [2.75, 3.05) is 13.1 Å². The van der Waals surface area contributed by atoms with Gasteiger partial charge in [-0.2, -0.15) is 0 Å². The molecule has 0 aromatic heterocycles. The Morgan fingerprint density at radius 3 is 2.22 bits per heavy atom. The molecule has 0 atom stereocenters. The Labute approximate surface area is 111 Å². The summed E-state index contributed by atoms with van der Waals surface area (Å²) in [5, 5.41) is 3.25. The fourth-order valence-corrected chi connectivity index (χ4v) is 3.25. The van der Waals surface area contributed by atoms with Gasteiger partial charge in [-0.25, -0.2) is 4.79 Å². The minimum absolute atomic E-state index is 0.192. The predicted octanol–water partition coefficient (Wildman–Crippen LogP) is 3.54. The zero-order chi connectivity index (χ0) is 12.8. The van der Waals surface area contributed by atoms with Crippen LogP contribution in [0, 0.1) is 5.92 Å². The summed E-state index contributed by atoms with van der Waals surface area (Å²) in [5.74, 6) is 0.899. The first kappa shape index (κ1) is 13.7. The standard InChI is InChI=1S/C15H28N2O/c1-2-13-7-9-14(10-8-13)16-15(18)17-11-5-3-4-6-12-17/h13-14H,2-12H2,1H3,(H,16,18). The SMILES string of the molecule is CCC1CCC(NC(=O)N2CCCCCC2)CC1. The molecule has 0 unspecified atom stereocenters. The maximum atomic E-state index is 12.2. The smallest absolute Gasteiger partial charge is 0.317 e. The second-order valence-corrected chi connectivity index (χ2v) is 5.98. The van der Waals surface area contributed by atoms with Crippen molar-refractivity contribution in [1.29, 1.82) is 0 Å². The Kier molecular flexibility index (Phi) is 5.33. The van der Waals surface area contributed by atoms with Gasteiger partial charge in [0.25, 0.3) is 0 Å². The highest BCUT2D eigenvalue weighted by molar-refractivity contribution is 5.74. The summed E-state index contributed by atoms with van der Waals surface area (Å²) in [6, 6.07) is 0.625. The molecule has 3 heteroatoms. The van der Waals surface area contributed by atoms with Gasteiger partial charge in [0.2, 0.25) is 0 Å². The largest absolute Gasteiger partial charge is 0.335 e. The number of nitrogens with zero attached hydrogens (tertiary/aromatic N) is 1. The van der Waals surface area contributed by atoms with Crippen molar-refractivity contribution in [1.82, 2.24) is 10.2 Å². The molecule has 0 radical (unpaired) electrons. The van der Waals surface area contributed by atoms with Crippen LogP contribution in [0.25, 0.3) is 0 Å². The van der Waals surface area contributed by atoms with Gasteiger partial charge in [0.15, 0.2) is 0 Å². The van der Waals surface area contributed by atoms with Crippen LogP contribution in [0.15, 0.2) is 0 Å². The molecular formula is C15H28N2O. The molecule has 1 saturated carbocycles. The number of nitrogens with one attached hydrogen (secondary N) is 1. The lowest BCUT2D eigenvalue weighted by atomic mass is 9.84. The molecule has 0 aromatic carbocycles. The van der Waals surface area contributed by atoms with Gasteiger partial charge in [-0.3, -0.25) is 0 Å². The maximum Gasteiger partial charge on any atom is 0.317 e. The van der Waals surface area contributed by atoms with E-state index in [9.17, 15) is 4.79 Å². The van der Waals surface area contributed by atoms with Crippen molar-refractivity contribution < 1.29 is 4.79 Å². The first-order chi connectivity index (χ1) is 8.79. The number of carbonyl (C=O) groups excluding carboxylic acids is 1. The summed E-state index contributed by atoms with van der Waals surface area (Å²) >= 11 is 0. The van der Waals surface area contributed by atoms with E-state index >= 15 is 0 Å². The lowest BCUT2D eigenvalue weighted by molar-refractivity contribution is 0.188. The fourth-order valence-electron chi connectivity index (χ4n) is 3.25. The van der Waals surface area contributed by atoms with Crippen molar-refractivity contribution in [3.05, 3.63) is 0 Å². The third-order valence-corrected chi connectivity index (χ3v) is 4.64. The summed E-state index contributed by atoms with van der Waals surface area (Å²) in [6.45, 7) is 4.19. The van der Waals surface area contributed by atoms with E-state index in [1.54, 1.807) is 0 Å². The average Bonchev–Trinajstić information content (AvgIpc) is 2.68. The van der Waals surface area contributed by atoms with Gasteiger partial charge in [-0.1, -0.05) is 26.2 Å². The molecule has 18 heavy (non-hydrogen) atoms. The van der Waals surface area contributed by atoms with E-state index in [1.165, 1.54) is 57.8 Å². The maximum absolute atomic E-state index is 12.2. The Morgan fingerprint density at radius 1 is 1.06 bits per heavy atom. The summed E-state index contributed by atoms with van der Waals surface area (Å²) in [5.41, 5.74) is 0. The minimum Gasteiger partial charge on any atom is -0.335 e.